The Kier molecular flexibility index (Phi) is 11.4. The number of aryl methyl sites for hydroxylation is 1. The summed E-state index contributed by atoms with van der Waals surface area (Å²) in [6, 6.07) is 24.3. The number of carbonyl (C=O) groups excluding carboxylic acids is 2. The van der Waals surface area contributed by atoms with Gasteiger partial charge in [-0.25, -0.2) is 4.79 Å². The lowest BCUT2D eigenvalue weighted by molar-refractivity contribution is -0.140. The second-order valence-corrected chi connectivity index (χ2v) is 10.2. The number of para-hydroxylation sites is 1. The topological polar surface area (TPSA) is 65.1 Å². The molecule has 0 N–H and O–H groups in total. The fraction of sp³-hybridized carbons (Fsp3) is 0.371. The zero-order valence-electron chi connectivity index (χ0n) is 24.1. The van der Waals surface area contributed by atoms with Crippen molar-refractivity contribution >= 4 is 11.9 Å². The summed E-state index contributed by atoms with van der Waals surface area (Å²) < 4.78 is 15.9. The van der Waals surface area contributed by atoms with Crippen LogP contribution in [0.5, 0.6) is 5.75 Å². The first-order valence-corrected chi connectivity index (χ1v) is 14.4. The standard InChI is InChI=1S/C35H39NO5/c1-39-34(37)19-8-9-23-36(32-17-10-16-29-26-30(35(38)40-2)20-21-31(29)32)24-22-28-15-6-7-18-33(28)41-25-11-14-27-12-4-3-5-13-27/h3-7,12-13,15,18,20-21,26,32H,8-10,16-17,19,22-25H2,1-2H3. The first-order chi connectivity index (χ1) is 20.1. The number of unbranched alkanes of at least 4 members (excludes halogenated alkanes) is 1. The predicted octanol–water partition coefficient (Wildman–Crippen LogP) is 6.17. The number of hydrogen-bond donors (Lipinski definition) is 0. The summed E-state index contributed by atoms with van der Waals surface area (Å²) in [6.07, 6.45) is 5.99. The summed E-state index contributed by atoms with van der Waals surface area (Å²) in [6.45, 7) is 2.03. The van der Waals surface area contributed by atoms with Crippen LogP contribution >= 0.6 is 0 Å². The molecule has 0 heterocycles. The van der Waals surface area contributed by atoms with Crippen LogP contribution in [0.25, 0.3) is 0 Å². The molecule has 4 rings (SSSR count). The Morgan fingerprint density at radius 1 is 0.927 bits per heavy atom. The summed E-state index contributed by atoms with van der Waals surface area (Å²) >= 11 is 0. The summed E-state index contributed by atoms with van der Waals surface area (Å²) in [5.74, 6) is 6.64. The van der Waals surface area contributed by atoms with Crippen molar-refractivity contribution < 1.29 is 23.8 Å². The van der Waals surface area contributed by atoms with Gasteiger partial charge < -0.3 is 14.2 Å². The minimum Gasteiger partial charge on any atom is -0.481 e. The summed E-state index contributed by atoms with van der Waals surface area (Å²) in [5, 5.41) is 0. The van der Waals surface area contributed by atoms with Gasteiger partial charge in [0.2, 0.25) is 0 Å². The third-order valence-electron chi connectivity index (χ3n) is 7.54. The van der Waals surface area contributed by atoms with Crippen LogP contribution in [0.3, 0.4) is 0 Å². The molecule has 1 atom stereocenters. The van der Waals surface area contributed by atoms with E-state index in [0.717, 1.165) is 68.5 Å². The Morgan fingerprint density at radius 2 is 1.73 bits per heavy atom. The van der Waals surface area contributed by atoms with Crippen molar-refractivity contribution in [3.05, 3.63) is 101 Å². The number of rotatable bonds is 12. The number of methoxy groups -OCH3 is 2. The molecule has 0 spiro atoms. The molecule has 0 saturated heterocycles. The van der Waals surface area contributed by atoms with Crippen molar-refractivity contribution in [2.45, 2.75) is 51.0 Å². The largest absolute Gasteiger partial charge is 0.481 e. The van der Waals surface area contributed by atoms with E-state index in [1.807, 2.05) is 60.7 Å². The highest BCUT2D eigenvalue weighted by molar-refractivity contribution is 5.89. The molecule has 41 heavy (non-hydrogen) atoms. The van der Waals surface area contributed by atoms with Gasteiger partial charge in [0.1, 0.15) is 12.4 Å². The van der Waals surface area contributed by atoms with Gasteiger partial charge >= 0.3 is 11.9 Å². The average Bonchev–Trinajstić information content (AvgIpc) is 3.02. The van der Waals surface area contributed by atoms with Gasteiger partial charge in [0.15, 0.2) is 0 Å². The highest BCUT2D eigenvalue weighted by Crippen LogP contribution is 2.35. The fourth-order valence-corrected chi connectivity index (χ4v) is 5.41. The molecule has 3 aromatic rings. The monoisotopic (exact) mass is 553 g/mol. The van der Waals surface area contributed by atoms with E-state index in [-0.39, 0.29) is 18.0 Å². The third kappa shape index (κ3) is 8.70. The molecule has 214 valence electrons. The number of hydrogen-bond acceptors (Lipinski definition) is 6. The molecule has 0 aromatic heterocycles. The molecule has 0 aliphatic heterocycles. The Bertz CT molecular complexity index is 1360. The van der Waals surface area contributed by atoms with Gasteiger partial charge in [-0.05, 0) is 92.1 Å². The molecule has 6 nitrogen and oxygen atoms in total. The normalized spacial score (nSPS) is 14.0. The smallest absolute Gasteiger partial charge is 0.337 e. The summed E-state index contributed by atoms with van der Waals surface area (Å²) in [5.41, 5.74) is 5.20. The fourth-order valence-electron chi connectivity index (χ4n) is 5.41. The Hall–Kier alpha value is -4.08. The Labute approximate surface area is 243 Å². The molecule has 0 fully saturated rings. The van der Waals surface area contributed by atoms with Crippen molar-refractivity contribution in [2.24, 2.45) is 0 Å². The lowest BCUT2D eigenvalue weighted by atomic mass is 9.85. The lowest BCUT2D eigenvalue weighted by Gasteiger charge is -2.36. The second kappa shape index (κ2) is 15.6. The van der Waals surface area contributed by atoms with Crippen LogP contribution in [0.15, 0.2) is 72.8 Å². The zero-order chi connectivity index (χ0) is 28.9. The van der Waals surface area contributed by atoms with E-state index < -0.39 is 0 Å². The first kappa shape index (κ1) is 29.9. The van der Waals surface area contributed by atoms with E-state index in [4.69, 9.17) is 14.2 Å². The highest BCUT2D eigenvalue weighted by Gasteiger charge is 2.27. The van der Waals surface area contributed by atoms with Gasteiger partial charge in [0.05, 0.1) is 19.8 Å². The van der Waals surface area contributed by atoms with Crippen molar-refractivity contribution in [1.29, 1.82) is 0 Å². The maximum absolute atomic E-state index is 12.1. The predicted molar refractivity (Wildman–Crippen MR) is 160 cm³/mol. The van der Waals surface area contributed by atoms with E-state index >= 15 is 0 Å². The van der Waals surface area contributed by atoms with Gasteiger partial charge in [-0.3, -0.25) is 9.69 Å². The van der Waals surface area contributed by atoms with Gasteiger partial charge in [-0.15, -0.1) is 0 Å². The van der Waals surface area contributed by atoms with Crippen LogP contribution in [0.1, 0.15) is 70.8 Å². The van der Waals surface area contributed by atoms with Crippen LogP contribution < -0.4 is 4.74 Å². The molecule has 3 aromatic carbocycles. The molecule has 0 saturated carbocycles. The Balaban J connectivity index is 1.47. The van der Waals surface area contributed by atoms with E-state index in [1.54, 1.807) is 0 Å². The van der Waals surface area contributed by atoms with Gasteiger partial charge in [0, 0.05) is 24.6 Å². The Morgan fingerprint density at radius 3 is 2.54 bits per heavy atom. The number of esters is 2. The highest BCUT2D eigenvalue weighted by atomic mass is 16.5. The number of benzene rings is 3. The molecule has 0 bridgehead atoms. The van der Waals surface area contributed by atoms with Crippen LogP contribution in [0.2, 0.25) is 0 Å². The number of carbonyl (C=O) groups is 2. The molecule has 6 heteroatoms. The molecule has 1 unspecified atom stereocenters. The second-order valence-electron chi connectivity index (χ2n) is 10.2. The number of ether oxygens (including phenoxy) is 3. The lowest BCUT2D eigenvalue weighted by Crippen LogP contribution is -2.34. The third-order valence-corrected chi connectivity index (χ3v) is 7.54. The molecular formula is C35H39NO5. The molecule has 0 amide bonds. The summed E-state index contributed by atoms with van der Waals surface area (Å²) in [4.78, 5) is 26.3. The van der Waals surface area contributed by atoms with E-state index in [1.165, 1.54) is 25.3 Å². The van der Waals surface area contributed by atoms with E-state index in [2.05, 4.69) is 28.9 Å². The molecule has 1 aliphatic rings. The minimum absolute atomic E-state index is 0.170. The van der Waals surface area contributed by atoms with E-state index in [0.29, 0.717) is 18.6 Å². The first-order valence-electron chi connectivity index (χ1n) is 14.4. The number of nitrogens with zero attached hydrogens (tertiary/aromatic N) is 1. The SMILES string of the molecule is COC(=O)CCCCN(CCc1ccccc1OCC#Cc1ccccc1)C1CCCc2cc(C(=O)OC)ccc21. The van der Waals surface area contributed by atoms with Gasteiger partial charge in [-0.2, -0.15) is 0 Å². The quantitative estimate of drug-likeness (QED) is 0.152. The minimum atomic E-state index is -0.306. The van der Waals surface area contributed by atoms with E-state index in [9.17, 15) is 9.59 Å². The number of fused-ring (bicyclic) bond motifs is 1. The van der Waals surface area contributed by atoms with Crippen LogP contribution in [-0.2, 0) is 27.1 Å². The maximum atomic E-state index is 12.1. The zero-order valence-corrected chi connectivity index (χ0v) is 24.1. The average molecular weight is 554 g/mol. The van der Waals surface area contributed by atoms with Crippen LogP contribution in [0.4, 0.5) is 0 Å². The molecule has 0 radical (unpaired) electrons. The van der Waals surface area contributed by atoms with Crippen LogP contribution in [0, 0.1) is 11.8 Å². The van der Waals surface area contributed by atoms with Gasteiger partial charge in [-0.1, -0.05) is 54.3 Å². The van der Waals surface area contributed by atoms with Crippen LogP contribution in [-0.4, -0.2) is 50.8 Å². The van der Waals surface area contributed by atoms with Crippen molar-refractivity contribution in [1.82, 2.24) is 4.90 Å². The molecular weight excluding hydrogens is 514 g/mol. The van der Waals surface area contributed by atoms with Gasteiger partial charge in [0.25, 0.3) is 0 Å². The van der Waals surface area contributed by atoms with Crippen molar-refractivity contribution in [2.75, 3.05) is 33.9 Å². The van der Waals surface area contributed by atoms with Crippen molar-refractivity contribution in [3.8, 4) is 17.6 Å². The maximum Gasteiger partial charge on any atom is 0.337 e. The van der Waals surface area contributed by atoms with Crippen molar-refractivity contribution in [3.63, 3.8) is 0 Å². The summed E-state index contributed by atoms with van der Waals surface area (Å²) in [7, 11) is 2.85. The molecule has 1 aliphatic carbocycles.